The van der Waals surface area contributed by atoms with Gasteiger partial charge in [-0.25, -0.2) is 0 Å². The molecule has 0 bridgehead atoms. The van der Waals surface area contributed by atoms with Crippen LogP contribution in [0.4, 0.5) is 0 Å². The molecule has 0 aromatic rings. The van der Waals surface area contributed by atoms with Gasteiger partial charge in [-0.3, -0.25) is 0 Å². The Hall–Kier alpha value is 0.480. The monoisotopic (exact) mass is 304 g/mol. The van der Waals surface area contributed by atoms with Gasteiger partial charge in [0.25, 0.3) is 0 Å². The Morgan fingerprint density at radius 3 is 1.65 bits per heavy atom. The van der Waals surface area contributed by atoms with Crippen LogP contribution in [-0.4, -0.2) is 5.33 Å². The van der Waals surface area contributed by atoms with Crippen molar-refractivity contribution in [2.45, 2.75) is 90.9 Å². The molecule has 0 aliphatic rings. The molecule has 0 saturated carbocycles. The summed E-state index contributed by atoms with van der Waals surface area (Å²) in [5, 5.41) is 1.17. The molecule has 1 heteroatoms. The average molecular weight is 305 g/mol. The van der Waals surface area contributed by atoms with Crippen LogP contribution in [0.1, 0.15) is 90.9 Å². The molecule has 0 heterocycles. The van der Waals surface area contributed by atoms with E-state index in [9.17, 15) is 0 Å². The van der Waals surface area contributed by atoms with Gasteiger partial charge in [-0.05, 0) is 12.3 Å². The number of hydrogen-bond acceptors (Lipinski definition) is 0. The van der Waals surface area contributed by atoms with Crippen molar-refractivity contribution in [3.05, 3.63) is 0 Å². The minimum atomic E-state index is 0.920. The fourth-order valence-electron chi connectivity index (χ4n) is 2.31. The average Bonchev–Trinajstić information content (AvgIpc) is 2.32. The predicted octanol–water partition coefficient (Wildman–Crippen LogP) is 6.72. The van der Waals surface area contributed by atoms with E-state index in [1.165, 1.54) is 82.4 Å². The summed E-state index contributed by atoms with van der Waals surface area (Å²) in [5.41, 5.74) is 0. The van der Waals surface area contributed by atoms with Gasteiger partial charge in [-0.2, -0.15) is 0 Å². The van der Waals surface area contributed by atoms with Crippen molar-refractivity contribution in [3.63, 3.8) is 0 Å². The number of alkyl halides is 1. The lowest BCUT2D eigenvalue weighted by molar-refractivity contribution is 0.472. The van der Waals surface area contributed by atoms with Crippen LogP contribution in [0.25, 0.3) is 0 Å². The first-order chi connectivity index (χ1) is 8.31. The van der Waals surface area contributed by atoms with Crippen LogP contribution in [0.2, 0.25) is 0 Å². The molecule has 17 heavy (non-hydrogen) atoms. The van der Waals surface area contributed by atoms with Crippen LogP contribution in [0, 0.1) is 5.92 Å². The van der Waals surface area contributed by atoms with E-state index in [4.69, 9.17) is 0 Å². The molecule has 0 rings (SSSR count). The van der Waals surface area contributed by atoms with Crippen LogP contribution in [0.5, 0.6) is 0 Å². The van der Waals surface area contributed by atoms with Gasteiger partial charge in [0.2, 0.25) is 0 Å². The van der Waals surface area contributed by atoms with Crippen LogP contribution in [0.3, 0.4) is 0 Å². The van der Waals surface area contributed by atoms with Gasteiger partial charge in [0.1, 0.15) is 0 Å². The van der Waals surface area contributed by atoms with Crippen LogP contribution < -0.4 is 0 Å². The summed E-state index contributed by atoms with van der Waals surface area (Å²) in [4.78, 5) is 0. The van der Waals surface area contributed by atoms with Gasteiger partial charge >= 0.3 is 0 Å². The first-order valence-corrected chi connectivity index (χ1v) is 8.99. The molecule has 0 fully saturated rings. The molecule has 0 radical (unpaired) electrons. The molecule has 1 unspecified atom stereocenters. The minimum Gasteiger partial charge on any atom is -0.0928 e. The number of halogens is 1. The highest BCUT2D eigenvalue weighted by molar-refractivity contribution is 9.09. The van der Waals surface area contributed by atoms with E-state index in [2.05, 4.69) is 29.8 Å². The molecule has 0 N–H and O–H groups in total. The van der Waals surface area contributed by atoms with E-state index in [1.54, 1.807) is 0 Å². The summed E-state index contributed by atoms with van der Waals surface area (Å²) in [6, 6.07) is 0. The SMILES string of the molecule is CCCCCCCCCCCCC(C)CCBr. The van der Waals surface area contributed by atoms with Crippen molar-refractivity contribution in [2.24, 2.45) is 5.92 Å². The highest BCUT2D eigenvalue weighted by Gasteiger charge is 2.00. The Morgan fingerprint density at radius 2 is 1.18 bits per heavy atom. The van der Waals surface area contributed by atoms with E-state index < -0.39 is 0 Å². The normalized spacial score (nSPS) is 12.9. The summed E-state index contributed by atoms with van der Waals surface area (Å²) < 4.78 is 0. The second-order valence-electron chi connectivity index (χ2n) is 5.55. The lowest BCUT2D eigenvalue weighted by Gasteiger charge is -2.08. The topological polar surface area (TPSA) is 0 Å². The number of rotatable bonds is 13. The zero-order valence-corrected chi connectivity index (χ0v) is 13.7. The lowest BCUT2D eigenvalue weighted by Crippen LogP contribution is -1.95. The molecule has 0 aromatic heterocycles. The van der Waals surface area contributed by atoms with Crippen molar-refractivity contribution < 1.29 is 0 Å². The van der Waals surface area contributed by atoms with Crippen LogP contribution >= 0.6 is 15.9 Å². The molecular formula is C16H33Br. The zero-order valence-electron chi connectivity index (χ0n) is 12.1. The summed E-state index contributed by atoms with van der Waals surface area (Å²) in [6.07, 6.45) is 17.3. The van der Waals surface area contributed by atoms with Crippen LogP contribution in [-0.2, 0) is 0 Å². The number of unbranched alkanes of at least 4 members (excludes halogenated alkanes) is 9. The maximum absolute atomic E-state index is 3.52. The van der Waals surface area contributed by atoms with Gasteiger partial charge in [0.15, 0.2) is 0 Å². The second kappa shape index (κ2) is 14.5. The lowest BCUT2D eigenvalue weighted by atomic mass is 9.99. The standard InChI is InChI=1S/C16H33Br/c1-3-4-5-6-7-8-9-10-11-12-13-16(2)14-15-17/h16H,3-15H2,1-2H3. The van der Waals surface area contributed by atoms with Gasteiger partial charge in [-0.15, -0.1) is 0 Å². The largest absolute Gasteiger partial charge is 0.0928 e. The van der Waals surface area contributed by atoms with Crippen molar-refractivity contribution >= 4 is 15.9 Å². The zero-order chi connectivity index (χ0) is 12.8. The van der Waals surface area contributed by atoms with Crippen molar-refractivity contribution in [1.82, 2.24) is 0 Å². The third-order valence-electron chi connectivity index (χ3n) is 3.65. The first kappa shape index (κ1) is 17.5. The summed E-state index contributed by atoms with van der Waals surface area (Å²) in [7, 11) is 0. The molecule has 0 amide bonds. The third-order valence-corrected chi connectivity index (χ3v) is 4.11. The van der Waals surface area contributed by atoms with E-state index in [0.717, 1.165) is 5.92 Å². The smallest absolute Gasteiger partial charge is 0.00338 e. The Morgan fingerprint density at radius 1 is 0.706 bits per heavy atom. The minimum absolute atomic E-state index is 0.920. The molecular weight excluding hydrogens is 272 g/mol. The molecule has 0 saturated heterocycles. The molecule has 0 aliphatic heterocycles. The van der Waals surface area contributed by atoms with Gasteiger partial charge in [0.05, 0.1) is 0 Å². The Balaban J connectivity index is 2.98. The second-order valence-corrected chi connectivity index (χ2v) is 6.35. The highest BCUT2D eigenvalue weighted by atomic mass is 79.9. The first-order valence-electron chi connectivity index (χ1n) is 7.87. The summed E-state index contributed by atoms with van der Waals surface area (Å²) in [6.45, 7) is 4.67. The Bertz CT molecular complexity index is 133. The summed E-state index contributed by atoms with van der Waals surface area (Å²) in [5.74, 6) is 0.920. The maximum atomic E-state index is 3.52. The van der Waals surface area contributed by atoms with Gasteiger partial charge in [0, 0.05) is 5.33 Å². The van der Waals surface area contributed by atoms with Crippen molar-refractivity contribution in [2.75, 3.05) is 5.33 Å². The maximum Gasteiger partial charge on any atom is 0.00338 e. The molecule has 104 valence electrons. The van der Waals surface area contributed by atoms with E-state index in [-0.39, 0.29) is 0 Å². The fraction of sp³-hybridized carbons (Fsp3) is 1.00. The fourth-order valence-corrected chi connectivity index (χ4v) is 3.09. The molecule has 0 aliphatic carbocycles. The Kier molecular flexibility index (Phi) is 15.0. The third kappa shape index (κ3) is 14.4. The van der Waals surface area contributed by atoms with Gasteiger partial charge in [-0.1, -0.05) is 100 Å². The van der Waals surface area contributed by atoms with Crippen LogP contribution in [0.15, 0.2) is 0 Å². The van der Waals surface area contributed by atoms with E-state index in [1.807, 2.05) is 0 Å². The molecule has 0 aromatic carbocycles. The van der Waals surface area contributed by atoms with Gasteiger partial charge < -0.3 is 0 Å². The van der Waals surface area contributed by atoms with Crippen molar-refractivity contribution in [3.8, 4) is 0 Å². The van der Waals surface area contributed by atoms with E-state index >= 15 is 0 Å². The van der Waals surface area contributed by atoms with E-state index in [0.29, 0.717) is 0 Å². The quantitative estimate of drug-likeness (QED) is 0.262. The number of hydrogen-bond donors (Lipinski definition) is 0. The molecule has 0 nitrogen and oxygen atoms in total. The highest BCUT2D eigenvalue weighted by Crippen LogP contribution is 2.16. The predicted molar refractivity (Wildman–Crippen MR) is 84.0 cm³/mol. The molecule has 0 spiro atoms. The van der Waals surface area contributed by atoms with Crippen molar-refractivity contribution in [1.29, 1.82) is 0 Å². The Labute approximate surface area is 118 Å². The molecule has 1 atom stereocenters. The summed E-state index contributed by atoms with van der Waals surface area (Å²) >= 11 is 3.52.